The molecule has 1 atom stereocenters. The number of carbonyl (C=O) groups is 1. The van der Waals surface area contributed by atoms with Crippen molar-refractivity contribution in [2.45, 2.75) is 32.1 Å². The molecule has 0 heterocycles. The van der Waals surface area contributed by atoms with Gasteiger partial charge in [0.05, 0.1) is 7.11 Å². The van der Waals surface area contributed by atoms with Gasteiger partial charge in [-0.15, -0.1) is 0 Å². The van der Waals surface area contributed by atoms with Gasteiger partial charge >= 0.3 is 33.9 Å². The number of rotatable bonds is 2. The van der Waals surface area contributed by atoms with Crippen LogP contribution in [0.3, 0.4) is 0 Å². The van der Waals surface area contributed by atoms with Gasteiger partial charge in [-0.1, -0.05) is 6.07 Å². The Balaban J connectivity index is -0.000000463. The van der Waals surface area contributed by atoms with E-state index in [4.69, 9.17) is 18.7 Å². The summed E-state index contributed by atoms with van der Waals surface area (Å²) in [4.78, 5) is 11.5. The fourth-order valence-electron chi connectivity index (χ4n) is 2.34. The van der Waals surface area contributed by atoms with E-state index in [9.17, 15) is 4.79 Å². The first-order valence-corrected chi connectivity index (χ1v) is 6.01. The number of fused-ring (bicyclic) bond motifs is 1. The molecule has 0 unspecified atom stereocenters. The number of hydrogen-bond acceptors (Lipinski definition) is 2. The van der Waals surface area contributed by atoms with Gasteiger partial charge in [-0.25, -0.2) is 0 Å². The van der Waals surface area contributed by atoms with Crippen LogP contribution in [0.15, 0.2) is 18.2 Å². The van der Waals surface area contributed by atoms with Crippen LogP contribution in [0.25, 0.3) is 0 Å². The second-order valence-electron chi connectivity index (χ2n) is 4.12. The van der Waals surface area contributed by atoms with E-state index in [1.54, 1.807) is 14.0 Å². The Morgan fingerprint density at radius 2 is 1.73 bits per heavy atom. The van der Waals surface area contributed by atoms with Crippen molar-refractivity contribution in [3.63, 3.8) is 0 Å². The van der Waals surface area contributed by atoms with E-state index >= 15 is 0 Å². The van der Waals surface area contributed by atoms with Crippen LogP contribution in [0.2, 0.25) is 0 Å². The molecular formula is C16H16CrO5. The Morgan fingerprint density at radius 1 is 1.18 bits per heavy atom. The van der Waals surface area contributed by atoms with E-state index in [1.807, 2.05) is 12.1 Å². The minimum absolute atomic E-state index is 0. The molecule has 6 heteroatoms. The van der Waals surface area contributed by atoms with Gasteiger partial charge in [0, 0.05) is 23.3 Å². The van der Waals surface area contributed by atoms with Crippen molar-refractivity contribution in [2.75, 3.05) is 7.11 Å². The summed E-state index contributed by atoms with van der Waals surface area (Å²) < 4.78 is 27.7. The van der Waals surface area contributed by atoms with Gasteiger partial charge < -0.3 is 4.74 Å². The monoisotopic (exact) mass is 340 g/mol. The Bertz CT molecular complexity index is 491. The van der Waals surface area contributed by atoms with Gasteiger partial charge in [0.25, 0.3) is 0 Å². The van der Waals surface area contributed by atoms with Gasteiger partial charge in [0.1, 0.15) is 11.5 Å². The zero-order chi connectivity index (χ0) is 16.8. The van der Waals surface area contributed by atoms with Gasteiger partial charge in [0.15, 0.2) is 0 Å². The van der Waals surface area contributed by atoms with Crippen molar-refractivity contribution in [1.29, 1.82) is 0 Å². The van der Waals surface area contributed by atoms with E-state index in [-0.39, 0.29) is 29.1 Å². The minimum Gasteiger partial charge on any atom is 0 e. The number of ketones is 1. The van der Waals surface area contributed by atoms with Crippen LogP contribution >= 0.6 is 0 Å². The first kappa shape index (κ1) is 25.4. The van der Waals surface area contributed by atoms with Crippen LogP contribution in [0.4, 0.5) is 0 Å². The van der Waals surface area contributed by atoms with Crippen molar-refractivity contribution in [3.05, 3.63) is 49.3 Å². The maximum absolute atomic E-state index is 11.5. The molecule has 1 aliphatic rings. The van der Waals surface area contributed by atoms with Crippen LogP contribution in [-0.2, 0) is 42.5 Å². The normalized spacial score (nSPS) is 13.5. The molecule has 0 saturated heterocycles. The van der Waals surface area contributed by atoms with Crippen LogP contribution in [0.5, 0.6) is 5.75 Å². The third-order valence-corrected chi connectivity index (χ3v) is 3.16. The number of Topliss-reactive ketones (excluding diaryl/α,β-unsaturated/α-hetero) is 1. The predicted octanol–water partition coefficient (Wildman–Crippen LogP) is 2.59. The zero-order valence-corrected chi connectivity index (χ0v) is 13.7. The van der Waals surface area contributed by atoms with E-state index in [2.05, 4.69) is 26.0 Å². The fraction of sp³-hybridized carbons (Fsp3) is 0.375. The molecule has 1 aliphatic carbocycles. The predicted molar refractivity (Wildman–Crippen MR) is 71.1 cm³/mol. The molecule has 0 spiro atoms. The Kier molecular flexibility index (Phi) is 18.3. The summed E-state index contributed by atoms with van der Waals surface area (Å²) in [6, 6.07) is 6.05. The Hall–Kier alpha value is -1.56. The van der Waals surface area contributed by atoms with Crippen molar-refractivity contribution in [3.8, 4) is 5.75 Å². The average Bonchev–Trinajstić information content (AvgIpc) is 2.59. The number of methoxy groups -OCH3 is 1. The number of ether oxygens (including phenoxy) is 1. The summed E-state index contributed by atoms with van der Waals surface area (Å²) in [7, 11) is 1.67. The van der Waals surface area contributed by atoms with E-state index < -0.39 is 0 Å². The SMILES string of the molecule is COc1ccc2c(c1)CCC[C@@H]2C(C)=O.[C-]#[O+].[C-]#[O+].[C-]#[O+].[Cr]. The second kappa shape index (κ2) is 15.8. The molecule has 2 rings (SSSR count). The minimum atomic E-state index is 0. The molecule has 0 bridgehead atoms. The maximum atomic E-state index is 11.5. The summed E-state index contributed by atoms with van der Waals surface area (Å²) in [6.45, 7) is 15.2. The fourth-order valence-corrected chi connectivity index (χ4v) is 2.34. The molecule has 22 heavy (non-hydrogen) atoms. The van der Waals surface area contributed by atoms with Crippen LogP contribution in [-0.4, -0.2) is 12.9 Å². The van der Waals surface area contributed by atoms with E-state index in [1.165, 1.54) is 11.1 Å². The molecule has 0 N–H and O–H groups in total. The summed E-state index contributed by atoms with van der Waals surface area (Å²) in [5.41, 5.74) is 2.48. The van der Waals surface area contributed by atoms with Gasteiger partial charge in [-0.05, 0) is 49.4 Å². The van der Waals surface area contributed by atoms with Crippen molar-refractivity contribution < 1.29 is 40.8 Å². The Morgan fingerprint density at radius 3 is 2.18 bits per heavy atom. The smallest absolute Gasteiger partial charge is 0 e. The number of hydrogen-bond donors (Lipinski definition) is 0. The standard InChI is InChI=1S/C13H16O2.3CO.Cr/c1-9(14)12-5-3-4-10-8-11(15-2)6-7-13(10)12;3*1-2;/h6-8,12H,3-5H2,1-2H3;;;;/t12-;;;;/m1..../s1. The summed E-state index contributed by atoms with van der Waals surface area (Å²) in [5, 5.41) is 0. The number of benzene rings is 1. The molecule has 0 aliphatic heterocycles. The van der Waals surface area contributed by atoms with Crippen molar-refractivity contribution in [1.82, 2.24) is 0 Å². The molecule has 116 valence electrons. The molecule has 0 amide bonds. The quantitative estimate of drug-likeness (QED) is 0.612. The van der Waals surface area contributed by atoms with E-state index in [0.29, 0.717) is 0 Å². The molecular weight excluding hydrogens is 324 g/mol. The number of aryl methyl sites for hydroxylation is 1. The van der Waals surface area contributed by atoms with Crippen LogP contribution in [0, 0.1) is 20.0 Å². The first-order valence-electron chi connectivity index (χ1n) is 6.01. The zero-order valence-electron chi connectivity index (χ0n) is 12.4. The largest absolute Gasteiger partial charge is 0 e. The molecule has 0 aromatic heterocycles. The van der Waals surface area contributed by atoms with Gasteiger partial charge in [-0.2, -0.15) is 0 Å². The van der Waals surface area contributed by atoms with Crippen LogP contribution < -0.4 is 4.74 Å². The molecule has 5 nitrogen and oxygen atoms in total. The molecule has 1 aromatic rings. The van der Waals surface area contributed by atoms with Crippen molar-refractivity contribution in [2.24, 2.45) is 0 Å². The molecule has 0 saturated carbocycles. The van der Waals surface area contributed by atoms with E-state index in [0.717, 1.165) is 25.0 Å². The average molecular weight is 340 g/mol. The first-order chi connectivity index (χ1) is 10.2. The summed E-state index contributed by atoms with van der Waals surface area (Å²) in [5.74, 6) is 1.28. The topological polar surface area (TPSA) is 86.0 Å². The summed E-state index contributed by atoms with van der Waals surface area (Å²) in [6.07, 6.45) is 3.16. The third-order valence-electron chi connectivity index (χ3n) is 3.16. The van der Waals surface area contributed by atoms with Gasteiger partial charge in [0.2, 0.25) is 0 Å². The van der Waals surface area contributed by atoms with Crippen LogP contribution in [0.1, 0.15) is 36.8 Å². The van der Waals surface area contributed by atoms with Crippen molar-refractivity contribution >= 4 is 5.78 Å². The summed E-state index contributed by atoms with van der Waals surface area (Å²) >= 11 is 0. The second-order valence-corrected chi connectivity index (χ2v) is 4.12. The molecule has 1 aromatic carbocycles. The third kappa shape index (κ3) is 7.45. The number of carbonyl (C=O) groups excluding carboxylic acids is 1. The van der Waals surface area contributed by atoms with Gasteiger partial charge in [-0.3, -0.25) is 4.79 Å². The maximum Gasteiger partial charge on any atom is 0 e. The molecule has 0 fully saturated rings. The Labute approximate surface area is 141 Å². The molecule has 0 radical (unpaired) electrons.